The van der Waals surface area contributed by atoms with E-state index in [9.17, 15) is 24.3 Å². The van der Waals surface area contributed by atoms with E-state index < -0.39 is 10.8 Å². The van der Waals surface area contributed by atoms with E-state index in [2.05, 4.69) is 167 Å². The van der Waals surface area contributed by atoms with Crippen molar-refractivity contribution in [1.82, 2.24) is 0 Å². The van der Waals surface area contributed by atoms with E-state index in [-0.39, 0.29) is 102 Å². The highest BCUT2D eigenvalue weighted by molar-refractivity contribution is 9.08. The fourth-order valence-corrected chi connectivity index (χ4v) is 23.2. The quantitative estimate of drug-likeness (QED) is 0.225. The number of fused-ring (bicyclic) bond motifs is 14. The lowest BCUT2D eigenvalue weighted by Gasteiger charge is -2.70. The van der Waals surface area contributed by atoms with Gasteiger partial charge in [0.05, 0.1) is 43.9 Å². The van der Waals surface area contributed by atoms with Crippen molar-refractivity contribution in [2.45, 2.75) is 237 Å². The minimum absolute atomic E-state index is 0.00536. The van der Waals surface area contributed by atoms with Gasteiger partial charge in [-0.1, -0.05) is 171 Å². The number of carbonyl (C=O) groups excluding carboxylic acids is 4. The lowest BCUT2D eigenvalue weighted by atomic mass is 9.33. The molecule has 0 heterocycles. The summed E-state index contributed by atoms with van der Waals surface area (Å²) in [5.41, 5.74) is 3.96. The van der Waals surface area contributed by atoms with Crippen molar-refractivity contribution in [3.63, 3.8) is 0 Å². The van der Waals surface area contributed by atoms with E-state index in [0.29, 0.717) is 30.0 Å². The zero-order valence-electron chi connectivity index (χ0n) is 55.4. The fraction of sp³-hybridized carbons (Fsp3) is 0.737. The molecule has 9 heteroatoms. The maximum Gasteiger partial charge on any atom is 0.311 e. The van der Waals surface area contributed by atoms with Crippen LogP contribution in [-0.4, -0.2) is 55.0 Å². The molecule has 0 unspecified atom stereocenters. The molecule has 10 aliphatic carbocycles. The van der Waals surface area contributed by atoms with Crippen LogP contribution in [0.5, 0.6) is 0 Å². The van der Waals surface area contributed by atoms with E-state index in [0.717, 1.165) is 114 Å². The molecule has 2 aromatic rings. The third-order valence-corrected chi connectivity index (χ3v) is 29.4. The molecule has 85 heavy (non-hydrogen) atoms. The molecule has 10 aliphatic rings. The number of benzene rings is 2. The highest BCUT2D eigenvalue weighted by atomic mass is 79.9. The topological polar surface area (TPSA) is 116 Å². The highest BCUT2D eigenvalue weighted by Gasteiger charge is 2.73. The van der Waals surface area contributed by atoms with E-state index >= 15 is 0 Å². The van der Waals surface area contributed by atoms with Gasteiger partial charge in [0.25, 0.3) is 0 Å². The number of hydrogen-bond acceptors (Lipinski definition) is 8. The summed E-state index contributed by atoms with van der Waals surface area (Å²) in [5, 5.41) is 11.8. The molecule has 1 N–H and O–H groups in total. The molecule has 0 aromatic heterocycles. The number of hydrogen-bond donors (Lipinski definition) is 1. The van der Waals surface area contributed by atoms with Gasteiger partial charge in [-0.05, 0) is 231 Å². The first-order valence-corrected chi connectivity index (χ1v) is 34.4. The van der Waals surface area contributed by atoms with E-state index in [1.54, 1.807) is 0 Å². The molecule has 0 saturated heterocycles. The van der Waals surface area contributed by atoms with Crippen LogP contribution < -0.4 is 0 Å². The van der Waals surface area contributed by atoms with Crippen LogP contribution in [0.3, 0.4) is 0 Å². The summed E-state index contributed by atoms with van der Waals surface area (Å²) in [6.45, 7) is 33.6. The average Bonchev–Trinajstić information content (AvgIpc) is 0.713. The number of carbonyl (C=O) groups is 4. The summed E-state index contributed by atoms with van der Waals surface area (Å²) in [5.74, 6) is 1.77. The Bertz CT molecular complexity index is 2950. The van der Waals surface area contributed by atoms with Crippen molar-refractivity contribution < 1.29 is 38.5 Å². The van der Waals surface area contributed by atoms with Gasteiger partial charge in [-0.3, -0.25) is 19.2 Å². The second kappa shape index (κ2) is 22.2. The first-order valence-electron chi connectivity index (χ1n) is 33.3. The van der Waals surface area contributed by atoms with Gasteiger partial charge in [-0.2, -0.15) is 0 Å². The number of halogens is 1. The van der Waals surface area contributed by atoms with E-state index in [1.165, 1.54) is 42.9 Å². The average molecular weight is 1230 g/mol. The molecule has 8 fully saturated rings. The summed E-state index contributed by atoms with van der Waals surface area (Å²) in [7, 11) is 3.02. The van der Waals surface area contributed by atoms with Crippen molar-refractivity contribution in [3.05, 3.63) is 95.1 Å². The summed E-state index contributed by atoms with van der Waals surface area (Å²) in [4.78, 5) is 54.7. The molecule has 12 rings (SSSR count). The predicted molar refractivity (Wildman–Crippen MR) is 343 cm³/mol. The number of allylic oxidation sites excluding steroid dienone is 4. The van der Waals surface area contributed by atoms with Gasteiger partial charge in [-0.25, -0.2) is 0 Å². The number of rotatable bonds is 6. The highest BCUT2D eigenvalue weighted by Crippen LogP contribution is 2.77. The molecule has 8 nitrogen and oxygen atoms in total. The van der Waals surface area contributed by atoms with Crippen LogP contribution in [0.15, 0.2) is 84.0 Å². The summed E-state index contributed by atoms with van der Waals surface area (Å²) < 4.78 is 17.2. The second-order valence-electron chi connectivity index (χ2n) is 33.6. The minimum Gasteiger partial charge on any atom is -0.469 e. The van der Waals surface area contributed by atoms with Gasteiger partial charge in [0.15, 0.2) is 11.6 Å². The van der Waals surface area contributed by atoms with Gasteiger partial charge in [0.1, 0.15) is 0 Å². The van der Waals surface area contributed by atoms with Crippen LogP contribution in [0, 0.1) is 100 Å². The molecule has 18 atom stereocenters. The number of methoxy groups -OCH3 is 2. The molecule has 468 valence electrons. The standard InChI is InChI=1S/C38H54O4.C31H48O4.C7H7Br/c1-33(2)29-14-17-38(7)31(36(29,5)16-15-30(33)42-24-25-12-10-9-11-13-25)28(39)22-26-27-23-35(4,32(40)41-8)19-18-34(27,3)20-21-37(26,38)6;1-26(2)22-9-12-31(7)24(29(22,5)11-10-23(26)33)21(32)17-19-20-18-28(4,25(34)35-8)14-13-27(20,3)15-16-30(19,31)6;8-6-7-4-2-1-3-5-7/h9-13,22,27,29-31H,14-21,23-24H2,1-8H3;17,20,22-24,33H,9-16,18H2,1-8H3;1-5H,6H2/t27-,29+,30+,31-,34-,35+,36+,37-,38-;20-,22+,23+,24-,27-,28+,29+,30-,31-;/m11./s1. The van der Waals surface area contributed by atoms with Gasteiger partial charge in [0, 0.05) is 17.2 Å². The molecule has 0 amide bonds. The van der Waals surface area contributed by atoms with Gasteiger partial charge in [-0.15, -0.1) is 0 Å². The van der Waals surface area contributed by atoms with Gasteiger partial charge in [0.2, 0.25) is 0 Å². The maximum absolute atomic E-state index is 14.6. The van der Waals surface area contributed by atoms with Crippen LogP contribution in [0.4, 0.5) is 0 Å². The third kappa shape index (κ3) is 9.96. The number of ether oxygens (including phenoxy) is 3. The lowest BCUT2D eigenvalue weighted by Crippen LogP contribution is -2.66. The normalized spacial score (nSPS) is 45.3. The molecular formula is C76H109BrO8. The van der Waals surface area contributed by atoms with Crippen LogP contribution in [0.2, 0.25) is 0 Å². The molecule has 2 aromatic carbocycles. The molecule has 0 bridgehead atoms. The Kier molecular flexibility index (Phi) is 16.9. The molecule has 0 aliphatic heterocycles. The number of alkyl halides is 1. The smallest absolute Gasteiger partial charge is 0.311 e. The van der Waals surface area contributed by atoms with Crippen LogP contribution >= 0.6 is 15.9 Å². The maximum atomic E-state index is 14.6. The Balaban J connectivity index is 0.000000169. The first kappa shape index (κ1) is 64.6. The SMILES string of the molecule is BrCc1ccccc1.COC(=O)[C@@]1(C)CC[C@]2(C)CC[C@]3(C)C(=CC(=O)[C@@H]4[C@@]5(C)CC[C@H](O)C(C)(C)[C@@H]5CC[C@]43C)[C@H]2C1.COC(=O)[C@@]1(C)CC[C@]2(C)CC[C@]3(C)C(=CC(=O)[C@@H]4[C@@]5(C)CC[C@H](OCc6ccccc6)C(C)(C)[C@@H]5CC[C@]43C)[C@H]2C1. The molecule has 0 radical (unpaired) electrons. The minimum atomic E-state index is -0.482. The van der Waals surface area contributed by atoms with E-state index in [1.807, 2.05) is 18.2 Å². The van der Waals surface area contributed by atoms with Crippen molar-refractivity contribution in [3.8, 4) is 0 Å². The zero-order chi connectivity index (χ0) is 62.0. The number of aliphatic hydroxyl groups is 1. The molecule has 0 spiro atoms. The summed E-state index contributed by atoms with van der Waals surface area (Å²) in [6.07, 6.45) is 22.1. The summed E-state index contributed by atoms with van der Waals surface area (Å²) >= 11 is 3.36. The lowest BCUT2D eigenvalue weighted by molar-refractivity contribution is -0.211. The Morgan fingerprint density at radius 2 is 0.906 bits per heavy atom. The Hall–Kier alpha value is -3.40. The Morgan fingerprint density at radius 3 is 1.32 bits per heavy atom. The number of esters is 2. The summed E-state index contributed by atoms with van der Waals surface area (Å²) in [6, 6.07) is 20.8. The fourth-order valence-electron chi connectivity index (χ4n) is 22.8. The first-order chi connectivity index (χ1) is 39.7. The van der Waals surface area contributed by atoms with Crippen molar-refractivity contribution in [2.75, 3.05) is 14.2 Å². The largest absolute Gasteiger partial charge is 0.469 e. The Labute approximate surface area is 521 Å². The molecular weight excluding hydrogens is 1120 g/mol. The van der Waals surface area contributed by atoms with Crippen molar-refractivity contribution >= 4 is 39.4 Å². The number of aliphatic hydroxyl groups excluding tert-OH is 1. The molecule has 8 saturated carbocycles. The van der Waals surface area contributed by atoms with Crippen LogP contribution in [-0.2, 0) is 45.3 Å². The monoisotopic (exact) mass is 1230 g/mol. The Morgan fingerprint density at radius 1 is 0.506 bits per heavy atom. The number of ketones is 2. The van der Waals surface area contributed by atoms with Crippen LogP contribution in [0.1, 0.15) is 224 Å². The third-order valence-electron chi connectivity index (χ3n) is 28.7. The van der Waals surface area contributed by atoms with Crippen molar-refractivity contribution in [1.29, 1.82) is 0 Å². The van der Waals surface area contributed by atoms with E-state index in [4.69, 9.17) is 14.2 Å². The zero-order valence-corrected chi connectivity index (χ0v) is 57.0. The predicted octanol–water partition coefficient (Wildman–Crippen LogP) is 17.8. The van der Waals surface area contributed by atoms with Gasteiger partial charge >= 0.3 is 11.9 Å². The van der Waals surface area contributed by atoms with Gasteiger partial charge < -0.3 is 19.3 Å². The van der Waals surface area contributed by atoms with Crippen molar-refractivity contribution in [2.24, 2.45) is 100 Å². The van der Waals surface area contributed by atoms with Crippen LogP contribution in [0.25, 0.3) is 0 Å². The second-order valence-corrected chi connectivity index (χ2v) is 34.2.